The highest BCUT2D eigenvalue weighted by molar-refractivity contribution is 5.68. The van der Waals surface area contributed by atoms with E-state index in [1.807, 2.05) is 0 Å². The maximum atomic E-state index is 12.0. The summed E-state index contributed by atoms with van der Waals surface area (Å²) in [5.74, 6) is -2.87. The molecule has 0 unspecified atom stereocenters. The minimum absolute atomic E-state index is 0.0174. The Morgan fingerprint density at radius 3 is 2.18 bits per heavy atom. The number of hydrogen-bond donors (Lipinski definition) is 4. The number of esters is 4. The van der Waals surface area contributed by atoms with Crippen LogP contribution in [0.5, 0.6) is 0 Å². The van der Waals surface area contributed by atoms with Gasteiger partial charge in [-0.15, -0.1) is 5.10 Å². The summed E-state index contributed by atoms with van der Waals surface area (Å²) in [6.45, 7) is 4.73. The molecule has 2 saturated heterocycles. The Hall–Kier alpha value is -3.26. The predicted octanol–water partition coefficient (Wildman–Crippen LogP) is -2.93. The standard InChI is InChI=1S/C27H42N4O14/c1-14(33)41-13-21-24(42-15(2)34)25(43-16(3)35)26(44-17(4)36)27(45-21)40-9-6-18-10-31(29-28-18)8-5-7-30-11-20(37)23(39)22(38)19(30)12-32/h10,19-27,32,37-39H,5-9,11-13H2,1-4H3/t19-,20+,21-,22-,23-,24-,25+,26+,27+/m1/s1. The molecule has 3 heterocycles. The molecular weight excluding hydrogens is 604 g/mol. The molecular formula is C27H42N4O14. The number of carbonyl (C=O) groups is 4. The van der Waals surface area contributed by atoms with Crippen LogP contribution in [-0.2, 0) is 60.6 Å². The average Bonchev–Trinajstić information content (AvgIpc) is 3.40. The lowest BCUT2D eigenvalue weighted by Gasteiger charge is -2.44. The summed E-state index contributed by atoms with van der Waals surface area (Å²) >= 11 is 0. The molecule has 1 aromatic heterocycles. The van der Waals surface area contributed by atoms with Gasteiger partial charge in [-0.2, -0.15) is 0 Å². The number of ether oxygens (including phenoxy) is 6. The van der Waals surface area contributed by atoms with Crippen molar-refractivity contribution in [2.24, 2.45) is 0 Å². The van der Waals surface area contributed by atoms with E-state index in [0.717, 1.165) is 20.8 Å². The summed E-state index contributed by atoms with van der Waals surface area (Å²) in [5, 5.41) is 47.8. The van der Waals surface area contributed by atoms with Crippen LogP contribution in [0.2, 0.25) is 0 Å². The minimum Gasteiger partial charge on any atom is -0.463 e. The number of aromatic nitrogens is 3. The second kappa shape index (κ2) is 16.9. The molecule has 18 heteroatoms. The van der Waals surface area contributed by atoms with E-state index in [2.05, 4.69) is 10.3 Å². The maximum Gasteiger partial charge on any atom is 0.303 e. The Morgan fingerprint density at radius 1 is 0.911 bits per heavy atom. The molecule has 0 aromatic carbocycles. The Bertz CT molecular complexity index is 1150. The third-order valence-corrected chi connectivity index (χ3v) is 7.22. The van der Waals surface area contributed by atoms with Crippen molar-refractivity contribution in [1.29, 1.82) is 0 Å². The van der Waals surface area contributed by atoms with E-state index in [0.29, 0.717) is 25.2 Å². The number of nitrogens with zero attached hydrogens (tertiary/aromatic N) is 4. The van der Waals surface area contributed by atoms with Crippen molar-refractivity contribution in [2.45, 2.75) is 102 Å². The van der Waals surface area contributed by atoms with Crippen LogP contribution in [0, 0.1) is 0 Å². The van der Waals surface area contributed by atoms with Crippen LogP contribution in [0.25, 0.3) is 0 Å². The monoisotopic (exact) mass is 646 g/mol. The normalized spacial score (nSPS) is 30.4. The van der Waals surface area contributed by atoms with Crippen molar-refractivity contribution < 1.29 is 68.0 Å². The molecule has 254 valence electrons. The number of aliphatic hydroxyl groups excluding tert-OH is 4. The van der Waals surface area contributed by atoms with E-state index in [-0.39, 0.29) is 32.8 Å². The molecule has 3 rings (SSSR count). The number of likely N-dealkylation sites (tertiary alicyclic amines) is 1. The summed E-state index contributed by atoms with van der Waals surface area (Å²) in [6.07, 6.45) is -7.69. The smallest absolute Gasteiger partial charge is 0.303 e. The minimum atomic E-state index is -1.34. The molecule has 1 aromatic rings. The van der Waals surface area contributed by atoms with Crippen molar-refractivity contribution in [3.63, 3.8) is 0 Å². The van der Waals surface area contributed by atoms with E-state index in [1.54, 1.807) is 15.8 Å². The fourth-order valence-corrected chi connectivity index (χ4v) is 5.24. The number of aryl methyl sites for hydroxylation is 1. The molecule has 0 radical (unpaired) electrons. The first kappa shape index (κ1) is 36.2. The number of hydrogen-bond acceptors (Lipinski definition) is 17. The van der Waals surface area contributed by atoms with E-state index in [1.165, 1.54) is 6.92 Å². The molecule has 0 spiro atoms. The Balaban J connectivity index is 1.62. The van der Waals surface area contributed by atoms with Crippen molar-refractivity contribution >= 4 is 23.9 Å². The quantitative estimate of drug-likeness (QED) is 0.117. The number of carbonyl (C=O) groups excluding carboxylic acids is 4. The van der Waals surface area contributed by atoms with Crippen molar-refractivity contribution in [3.8, 4) is 0 Å². The molecule has 0 bridgehead atoms. The van der Waals surface area contributed by atoms with Crippen LogP contribution in [0.1, 0.15) is 39.8 Å². The van der Waals surface area contributed by atoms with Gasteiger partial charge in [-0.3, -0.25) is 28.8 Å². The van der Waals surface area contributed by atoms with Gasteiger partial charge in [-0.05, 0) is 6.42 Å². The lowest BCUT2D eigenvalue weighted by Crippen LogP contribution is -2.63. The summed E-state index contributed by atoms with van der Waals surface area (Å²) in [4.78, 5) is 49.0. The van der Waals surface area contributed by atoms with Gasteiger partial charge in [0.2, 0.25) is 0 Å². The van der Waals surface area contributed by atoms with Crippen molar-refractivity contribution in [1.82, 2.24) is 19.9 Å². The summed E-state index contributed by atoms with van der Waals surface area (Å²) < 4.78 is 34.5. The molecule has 0 aliphatic carbocycles. The van der Waals surface area contributed by atoms with E-state index < -0.39 is 78.9 Å². The molecule has 18 nitrogen and oxygen atoms in total. The zero-order valence-electron chi connectivity index (χ0n) is 25.6. The van der Waals surface area contributed by atoms with E-state index in [4.69, 9.17) is 28.4 Å². The SMILES string of the molecule is CC(=O)OC[C@H]1O[C@H](OCCc2cn(CCCN3C[C@H](O)[C@@H](O)[C@H](O)[C@H]3CO)nn2)[C@@H](OC(C)=O)[C@@H](OC(C)=O)[C@@H]1OC(C)=O. The molecule has 4 N–H and O–H groups in total. The van der Waals surface area contributed by atoms with Gasteiger partial charge in [-0.1, -0.05) is 5.21 Å². The van der Waals surface area contributed by atoms with Gasteiger partial charge in [0.05, 0.1) is 31.1 Å². The molecule has 2 fully saturated rings. The van der Waals surface area contributed by atoms with Gasteiger partial charge in [0, 0.05) is 59.9 Å². The fraction of sp³-hybridized carbons (Fsp3) is 0.778. The van der Waals surface area contributed by atoms with E-state index >= 15 is 0 Å². The third kappa shape index (κ3) is 10.4. The van der Waals surface area contributed by atoms with Crippen LogP contribution in [0.3, 0.4) is 0 Å². The van der Waals surface area contributed by atoms with Gasteiger partial charge in [-0.25, -0.2) is 0 Å². The Labute approximate surface area is 259 Å². The van der Waals surface area contributed by atoms with Gasteiger partial charge in [0.15, 0.2) is 24.6 Å². The fourth-order valence-electron chi connectivity index (χ4n) is 5.24. The van der Waals surface area contributed by atoms with Gasteiger partial charge < -0.3 is 48.8 Å². The zero-order chi connectivity index (χ0) is 33.3. The number of rotatable bonds is 14. The van der Waals surface area contributed by atoms with Gasteiger partial charge in [0.1, 0.15) is 24.9 Å². The Kier molecular flexibility index (Phi) is 13.6. The number of β-amino-alcohol motifs (C(OH)–C–C–N with tert-alkyl or cyclic N) is 1. The van der Waals surface area contributed by atoms with Crippen LogP contribution >= 0.6 is 0 Å². The van der Waals surface area contributed by atoms with Gasteiger partial charge >= 0.3 is 23.9 Å². The molecule has 0 amide bonds. The highest BCUT2D eigenvalue weighted by Gasteiger charge is 2.52. The molecule has 2 aliphatic heterocycles. The second-order valence-electron chi connectivity index (χ2n) is 10.8. The van der Waals surface area contributed by atoms with Crippen LogP contribution < -0.4 is 0 Å². The summed E-state index contributed by atoms with van der Waals surface area (Å²) in [6, 6.07) is -0.706. The first-order valence-corrected chi connectivity index (χ1v) is 14.5. The number of aliphatic hydroxyl groups is 4. The lowest BCUT2D eigenvalue weighted by atomic mass is 9.94. The first-order valence-electron chi connectivity index (χ1n) is 14.5. The van der Waals surface area contributed by atoms with Crippen LogP contribution in [0.15, 0.2) is 6.20 Å². The highest BCUT2D eigenvalue weighted by atomic mass is 16.7. The average molecular weight is 647 g/mol. The zero-order valence-corrected chi connectivity index (χ0v) is 25.6. The summed E-state index contributed by atoms with van der Waals surface area (Å²) in [5.41, 5.74) is 0.542. The highest BCUT2D eigenvalue weighted by Crippen LogP contribution is 2.30. The van der Waals surface area contributed by atoms with Crippen LogP contribution in [0.4, 0.5) is 0 Å². The molecule has 0 saturated carbocycles. The number of piperidine rings is 1. The topological polar surface area (TPSA) is 239 Å². The van der Waals surface area contributed by atoms with Crippen molar-refractivity contribution in [3.05, 3.63) is 11.9 Å². The van der Waals surface area contributed by atoms with E-state index in [9.17, 15) is 39.6 Å². The third-order valence-electron chi connectivity index (χ3n) is 7.22. The molecule has 45 heavy (non-hydrogen) atoms. The molecule has 9 atom stereocenters. The maximum absolute atomic E-state index is 12.0. The Morgan fingerprint density at radius 2 is 1.56 bits per heavy atom. The molecule has 2 aliphatic rings. The van der Waals surface area contributed by atoms with Crippen LogP contribution in [-0.4, -0.2) is 152 Å². The predicted molar refractivity (Wildman–Crippen MR) is 147 cm³/mol. The van der Waals surface area contributed by atoms with Crippen molar-refractivity contribution in [2.75, 3.05) is 32.9 Å². The summed E-state index contributed by atoms with van der Waals surface area (Å²) in [7, 11) is 0. The largest absolute Gasteiger partial charge is 0.463 e. The first-order chi connectivity index (χ1) is 21.3. The second-order valence-corrected chi connectivity index (χ2v) is 10.8. The lowest BCUT2D eigenvalue weighted by molar-refractivity contribution is -0.307. The van der Waals surface area contributed by atoms with Gasteiger partial charge in [0.25, 0.3) is 0 Å².